The molecule has 0 heterocycles. The molecule has 0 saturated heterocycles. The molecule has 0 N–H and O–H groups in total. The molecule has 0 aliphatic rings. The van der Waals surface area contributed by atoms with Gasteiger partial charge in [0.25, 0.3) is 0 Å². The average molecular weight is 581 g/mol. The first-order valence-corrected chi connectivity index (χ1v) is 12.8. The van der Waals surface area contributed by atoms with Gasteiger partial charge in [-0.25, -0.2) is 15.0 Å². The number of ether oxygens (including phenoxy) is 3. The number of nitrogens with zero attached hydrogens (tertiary/aromatic N) is 3. The Morgan fingerprint density at radius 1 is 0.436 bits per heavy atom. The minimum Gasteiger partial charge on any atom is -0.497 e. The van der Waals surface area contributed by atoms with E-state index in [2.05, 4.69) is 15.0 Å². The van der Waals surface area contributed by atoms with E-state index in [0.717, 1.165) is 17.2 Å². The Hall–Kier alpha value is -3.84. The number of aliphatic imine (C=N–C) groups is 3. The topological polar surface area (TPSA) is 64.8 Å². The Balaban J connectivity index is 1.76. The third-order valence-electron chi connectivity index (χ3n) is 5.55. The van der Waals surface area contributed by atoms with Crippen molar-refractivity contribution in [2.45, 2.75) is 0 Å². The molecule has 4 aromatic rings. The Morgan fingerprint density at radius 2 is 0.667 bits per heavy atom. The summed E-state index contributed by atoms with van der Waals surface area (Å²) in [7, 11) is 4.81. The van der Waals surface area contributed by atoms with E-state index in [1.54, 1.807) is 39.5 Å². The fraction of sp³-hybridized carbons (Fsp3) is 0.100. The third-order valence-corrected chi connectivity index (χ3v) is 6.45. The summed E-state index contributed by atoms with van der Waals surface area (Å²) >= 11 is 20.0. The highest BCUT2D eigenvalue weighted by atomic mass is 35.5. The quantitative estimate of drug-likeness (QED) is 0.186. The van der Waals surface area contributed by atoms with Crippen molar-refractivity contribution in [1.82, 2.24) is 0 Å². The zero-order valence-corrected chi connectivity index (χ0v) is 23.6. The van der Waals surface area contributed by atoms with Gasteiger partial charge in [0.05, 0.1) is 38.4 Å². The molecule has 0 amide bonds. The first-order valence-electron chi connectivity index (χ1n) is 11.7. The van der Waals surface area contributed by atoms with Gasteiger partial charge in [0.2, 0.25) is 0 Å². The van der Waals surface area contributed by atoms with Crippen LogP contribution in [0.3, 0.4) is 0 Å². The molecule has 0 radical (unpaired) electrons. The van der Waals surface area contributed by atoms with Crippen molar-refractivity contribution in [1.29, 1.82) is 0 Å². The highest BCUT2D eigenvalue weighted by Crippen LogP contribution is 2.26. The van der Waals surface area contributed by atoms with E-state index in [1.807, 2.05) is 72.8 Å². The summed E-state index contributed by atoms with van der Waals surface area (Å²) in [5.74, 6) is 2.16. The van der Waals surface area contributed by atoms with Crippen LogP contribution in [0.1, 0.15) is 16.7 Å². The maximum atomic E-state index is 6.68. The molecule has 9 heteroatoms. The molecule has 0 saturated carbocycles. The number of halogens is 3. The maximum absolute atomic E-state index is 6.68. The summed E-state index contributed by atoms with van der Waals surface area (Å²) in [5, 5.41) is 0.725. The van der Waals surface area contributed by atoms with Crippen LogP contribution < -0.4 is 14.2 Å². The van der Waals surface area contributed by atoms with Crippen LogP contribution in [0.5, 0.6) is 17.2 Å². The molecule has 0 aromatic heterocycles. The second-order valence-corrected chi connectivity index (χ2v) is 9.17. The maximum Gasteiger partial charge on any atom is 0.136 e. The SMILES string of the molecule is COc1ccc(N=C(Cl)c2cc(C(Cl)=Nc3ccc(OC)cc3)cc(C(Cl)=Nc3ccc(OC)cc3)c2)cc1. The Morgan fingerprint density at radius 3 is 0.872 bits per heavy atom. The molecule has 4 rings (SSSR count). The smallest absolute Gasteiger partial charge is 0.136 e. The van der Waals surface area contributed by atoms with Gasteiger partial charge in [-0.05, 0) is 91.0 Å². The molecule has 6 nitrogen and oxygen atoms in total. The molecule has 0 unspecified atom stereocenters. The molecule has 0 fully saturated rings. The van der Waals surface area contributed by atoms with Crippen molar-refractivity contribution in [3.8, 4) is 17.2 Å². The largest absolute Gasteiger partial charge is 0.497 e. The van der Waals surface area contributed by atoms with Crippen LogP contribution in [-0.4, -0.2) is 36.8 Å². The van der Waals surface area contributed by atoms with Crippen LogP contribution >= 0.6 is 34.8 Å². The first kappa shape index (κ1) is 28.2. The normalized spacial score (nSPS) is 12.3. The number of benzene rings is 4. The second-order valence-electron chi connectivity index (χ2n) is 8.10. The minimum absolute atomic E-state index is 0.242. The molecule has 198 valence electrons. The lowest BCUT2D eigenvalue weighted by Gasteiger charge is -2.09. The Labute approximate surface area is 242 Å². The number of rotatable bonds is 9. The highest BCUT2D eigenvalue weighted by molar-refractivity contribution is 6.72. The summed E-state index contributed by atoms with van der Waals surface area (Å²) in [6.45, 7) is 0. The van der Waals surface area contributed by atoms with Gasteiger partial charge in [0, 0.05) is 16.7 Å². The lowest BCUT2D eigenvalue weighted by molar-refractivity contribution is 0.415. The van der Waals surface area contributed by atoms with Gasteiger partial charge in [-0.3, -0.25) is 0 Å². The zero-order chi connectivity index (χ0) is 27.8. The molecule has 0 spiro atoms. The van der Waals surface area contributed by atoms with Crippen LogP contribution in [0.15, 0.2) is 106 Å². The number of methoxy groups -OCH3 is 3. The highest BCUT2D eigenvalue weighted by Gasteiger charge is 2.12. The van der Waals surface area contributed by atoms with Crippen LogP contribution in [-0.2, 0) is 0 Å². The predicted molar refractivity (Wildman–Crippen MR) is 162 cm³/mol. The van der Waals surface area contributed by atoms with E-state index >= 15 is 0 Å². The van der Waals surface area contributed by atoms with E-state index in [0.29, 0.717) is 33.8 Å². The summed E-state index contributed by atoms with van der Waals surface area (Å²) < 4.78 is 15.6. The second kappa shape index (κ2) is 13.3. The molecular formula is C30H24Cl3N3O3. The standard InChI is InChI=1S/C30H24Cl3N3O3/c1-37-25-10-4-22(5-11-25)34-28(31)19-16-20(29(32)35-23-6-12-26(38-2)13-7-23)18-21(17-19)30(33)36-24-8-14-27(39-3)15-9-24/h4-18H,1-3H3. The fourth-order valence-corrected chi connectivity index (χ4v) is 4.11. The van der Waals surface area contributed by atoms with Crippen LogP contribution in [0.2, 0.25) is 0 Å². The van der Waals surface area contributed by atoms with Crippen molar-refractivity contribution in [2.24, 2.45) is 15.0 Å². The van der Waals surface area contributed by atoms with Gasteiger partial charge in [-0.2, -0.15) is 0 Å². The van der Waals surface area contributed by atoms with Gasteiger partial charge in [0.15, 0.2) is 0 Å². The van der Waals surface area contributed by atoms with Crippen molar-refractivity contribution in [3.05, 3.63) is 108 Å². The number of hydrogen-bond acceptors (Lipinski definition) is 6. The van der Waals surface area contributed by atoms with Crippen molar-refractivity contribution in [3.63, 3.8) is 0 Å². The summed E-state index contributed by atoms with van der Waals surface area (Å²) in [5.41, 5.74) is 3.74. The number of hydrogen-bond donors (Lipinski definition) is 0. The van der Waals surface area contributed by atoms with E-state index in [4.69, 9.17) is 49.0 Å². The molecule has 0 aliphatic heterocycles. The van der Waals surface area contributed by atoms with Crippen molar-refractivity contribution in [2.75, 3.05) is 21.3 Å². The van der Waals surface area contributed by atoms with Gasteiger partial charge in [0.1, 0.15) is 32.8 Å². The molecule has 4 aromatic carbocycles. The van der Waals surface area contributed by atoms with E-state index in [9.17, 15) is 0 Å². The fourth-order valence-electron chi connectivity index (χ4n) is 3.49. The molecule has 0 aliphatic carbocycles. The van der Waals surface area contributed by atoms with Crippen molar-refractivity contribution >= 4 is 67.4 Å². The zero-order valence-electron chi connectivity index (χ0n) is 21.4. The molecule has 0 atom stereocenters. The Bertz CT molecular complexity index is 1320. The van der Waals surface area contributed by atoms with Gasteiger partial charge < -0.3 is 14.2 Å². The monoisotopic (exact) mass is 579 g/mol. The third kappa shape index (κ3) is 7.60. The van der Waals surface area contributed by atoms with Crippen molar-refractivity contribution < 1.29 is 14.2 Å². The van der Waals surface area contributed by atoms with Gasteiger partial charge >= 0.3 is 0 Å². The van der Waals surface area contributed by atoms with Crippen LogP contribution in [0, 0.1) is 0 Å². The Kier molecular flexibility index (Phi) is 9.60. The van der Waals surface area contributed by atoms with E-state index in [-0.39, 0.29) is 15.5 Å². The lowest BCUT2D eigenvalue weighted by Crippen LogP contribution is -2.02. The summed E-state index contributed by atoms with van der Waals surface area (Å²) in [6.07, 6.45) is 0. The van der Waals surface area contributed by atoms with Crippen LogP contribution in [0.4, 0.5) is 17.1 Å². The van der Waals surface area contributed by atoms with Crippen LogP contribution in [0.25, 0.3) is 0 Å². The summed E-state index contributed by atoms with van der Waals surface area (Å²) in [6, 6.07) is 27.1. The molecular weight excluding hydrogens is 557 g/mol. The van der Waals surface area contributed by atoms with Gasteiger partial charge in [-0.1, -0.05) is 34.8 Å². The minimum atomic E-state index is 0.242. The van der Waals surface area contributed by atoms with Gasteiger partial charge in [-0.15, -0.1) is 0 Å². The molecule has 0 bridgehead atoms. The average Bonchev–Trinajstić information content (AvgIpc) is 2.98. The van der Waals surface area contributed by atoms with E-state index in [1.165, 1.54) is 0 Å². The summed E-state index contributed by atoms with van der Waals surface area (Å²) in [4.78, 5) is 13.6. The lowest BCUT2D eigenvalue weighted by atomic mass is 10.1. The predicted octanol–water partition coefficient (Wildman–Crippen LogP) is 8.66. The van der Waals surface area contributed by atoms with E-state index < -0.39 is 0 Å². The molecule has 39 heavy (non-hydrogen) atoms. The first-order chi connectivity index (χ1) is 18.9.